The maximum absolute atomic E-state index is 12.5. The number of nitrogens with zero attached hydrogens (tertiary/aromatic N) is 3. The fourth-order valence-electron chi connectivity index (χ4n) is 3.04. The summed E-state index contributed by atoms with van der Waals surface area (Å²) in [4.78, 5) is 22.9. The number of nitro groups is 1. The quantitative estimate of drug-likeness (QED) is 0.279. The zero-order valence-electron chi connectivity index (χ0n) is 18.3. The number of non-ortho nitro benzene ring substituents is 1. The minimum atomic E-state index is -3.59. The maximum Gasteiger partial charge on any atom is 0.271 e. The Balaban J connectivity index is 1.74. The average Bonchev–Trinajstić information content (AvgIpc) is 2.81. The lowest BCUT2D eigenvalue weighted by Crippen LogP contribution is -2.29. The van der Waals surface area contributed by atoms with Gasteiger partial charge in [-0.2, -0.15) is 5.10 Å². The second kappa shape index (κ2) is 10.4. The van der Waals surface area contributed by atoms with Crippen molar-refractivity contribution in [1.29, 1.82) is 0 Å². The minimum Gasteiger partial charge on any atom is -0.267 e. The van der Waals surface area contributed by atoms with Crippen molar-refractivity contribution < 1.29 is 18.1 Å². The molecule has 0 unspecified atom stereocenters. The van der Waals surface area contributed by atoms with E-state index in [1.165, 1.54) is 46.8 Å². The van der Waals surface area contributed by atoms with Crippen LogP contribution >= 0.6 is 11.6 Å². The number of benzene rings is 3. The number of sulfonamides is 1. The first kappa shape index (κ1) is 24.9. The van der Waals surface area contributed by atoms with Gasteiger partial charge in [-0.05, 0) is 48.9 Å². The van der Waals surface area contributed by atoms with Crippen LogP contribution in [0, 0.1) is 10.1 Å². The summed E-state index contributed by atoms with van der Waals surface area (Å²) in [5.74, 6) is -0.514. The molecule has 3 aromatic rings. The Bertz CT molecular complexity index is 1340. The van der Waals surface area contributed by atoms with Gasteiger partial charge in [-0.1, -0.05) is 35.9 Å². The van der Waals surface area contributed by atoms with Gasteiger partial charge in [0.2, 0.25) is 10.0 Å². The third-order valence-corrected chi connectivity index (χ3v) is 6.25. The number of rotatable bonds is 8. The summed E-state index contributed by atoms with van der Waals surface area (Å²) in [6.07, 6.45) is 1.11. The summed E-state index contributed by atoms with van der Waals surface area (Å²) in [7, 11) is -3.59. The Kier molecular flexibility index (Phi) is 7.64. The summed E-state index contributed by atoms with van der Waals surface area (Å²) >= 11 is 5.90. The first-order chi connectivity index (χ1) is 16.0. The van der Waals surface area contributed by atoms with Crippen LogP contribution in [0.3, 0.4) is 0 Å². The van der Waals surface area contributed by atoms with E-state index >= 15 is 0 Å². The first-order valence-electron chi connectivity index (χ1n) is 9.96. The van der Waals surface area contributed by atoms with Crippen molar-refractivity contribution in [1.82, 2.24) is 5.43 Å². The molecule has 0 aliphatic heterocycles. The van der Waals surface area contributed by atoms with Crippen molar-refractivity contribution in [2.75, 3.05) is 10.6 Å². The van der Waals surface area contributed by atoms with Crippen LogP contribution in [0.2, 0.25) is 5.02 Å². The van der Waals surface area contributed by atoms with Gasteiger partial charge in [0, 0.05) is 28.3 Å². The molecule has 1 amide bonds. The van der Waals surface area contributed by atoms with Gasteiger partial charge in [-0.15, -0.1) is 0 Å². The molecular formula is C23H21ClN4O5S. The van der Waals surface area contributed by atoms with Crippen molar-refractivity contribution in [3.05, 3.63) is 105 Å². The monoisotopic (exact) mass is 500 g/mol. The van der Waals surface area contributed by atoms with Gasteiger partial charge in [0.15, 0.2) is 0 Å². The molecule has 34 heavy (non-hydrogen) atoms. The third-order valence-electron chi connectivity index (χ3n) is 4.86. The van der Waals surface area contributed by atoms with Crippen molar-refractivity contribution in [2.24, 2.45) is 5.10 Å². The lowest BCUT2D eigenvalue weighted by Gasteiger charge is -2.22. The number of carbonyl (C=O) groups excluding carboxylic acids is 1. The molecule has 0 fully saturated rings. The van der Waals surface area contributed by atoms with E-state index in [0.717, 1.165) is 11.8 Å². The molecule has 0 aliphatic carbocycles. The van der Waals surface area contributed by atoms with Crippen molar-refractivity contribution in [2.45, 2.75) is 13.5 Å². The van der Waals surface area contributed by atoms with E-state index in [2.05, 4.69) is 10.5 Å². The molecule has 0 spiro atoms. The number of nitrogens with one attached hydrogen (secondary N) is 1. The van der Waals surface area contributed by atoms with Crippen LogP contribution in [-0.2, 0) is 16.6 Å². The lowest BCUT2D eigenvalue weighted by molar-refractivity contribution is -0.384. The van der Waals surface area contributed by atoms with Gasteiger partial charge in [-0.25, -0.2) is 13.8 Å². The largest absolute Gasteiger partial charge is 0.271 e. The topological polar surface area (TPSA) is 122 Å². The zero-order valence-corrected chi connectivity index (χ0v) is 19.9. The molecule has 0 atom stereocenters. The Hall–Kier alpha value is -3.76. The number of nitro benzene ring substituents is 1. The number of halogens is 1. The Morgan fingerprint density at radius 2 is 1.71 bits per heavy atom. The van der Waals surface area contributed by atoms with E-state index in [1.807, 2.05) is 0 Å². The van der Waals surface area contributed by atoms with Crippen molar-refractivity contribution in [3.8, 4) is 0 Å². The summed E-state index contributed by atoms with van der Waals surface area (Å²) in [5.41, 5.74) is 4.62. The number of anilines is 1. The molecule has 0 aromatic heterocycles. The van der Waals surface area contributed by atoms with E-state index in [1.54, 1.807) is 37.3 Å². The molecule has 11 heteroatoms. The molecule has 3 rings (SSSR count). The number of hydrogen-bond acceptors (Lipinski definition) is 6. The average molecular weight is 501 g/mol. The van der Waals surface area contributed by atoms with Gasteiger partial charge >= 0.3 is 0 Å². The van der Waals surface area contributed by atoms with Crippen LogP contribution in [-0.4, -0.2) is 31.2 Å². The fraction of sp³-hybridized carbons (Fsp3) is 0.130. The van der Waals surface area contributed by atoms with Crippen molar-refractivity contribution >= 4 is 44.6 Å². The molecule has 0 radical (unpaired) electrons. The van der Waals surface area contributed by atoms with Crippen LogP contribution in [0.5, 0.6) is 0 Å². The highest BCUT2D eigenvalue weighted by Crippen LogP contribution is 2.22. The second-order valence-electron chi connectivity index (χ2n) is 7.39. The first-order valence-corrected chi connectivity index (χ1v) is 12.2. The smallest absolute Gasteiger partial charge is 0.267 e. The van der Waals surface area contributed by atoms with Gasteiger partial charge < -0.3 is 0 Å². The summed E-state index contributed by atoms with van der Waals surface area (Å²) in [5, 5.41) is 15.5. The molecule has 0 saturated carbocycles. The van der Waals surface area contributed by atoms with Gasteiger partial charge in [0.25, 0.3) is 11.6 Å². The molecule has 9 nitrogen and oxygen atoms in total. The lowest BCUT2D eigenvalue weighted by atomic mass is 10.1. The number of carbonyl (C=O) groups is 1. The van der Waals surface area contributed by atoms with Crippen LogP contribution < -0.4 is 9.73 Å². The summed E-state index contributed by atoms with van der Waals surface area (Å²) in [6, 6.07) is 18.8. The van der Waals surface area contributed by atoms with Gasteiger partial charge in [-0.3, -0.25) is 19.2 Å². The van der Waals surface area contributed by atoms with Crippen LogP contribution in [0.15, 0.2) is 77.9 Å². The van der Waals surface area contributed by atoms with E-state index in [9.17, 15) is 23.3 Å². The molecule has 176 valence electrons. The molecule has 0 saturated heterocycles. The minimum absolute atomic E-state index is 0.0806. The Morgan fingerprint density at radius 1 is 1.06 bits per heavy atom. The number of hydrazone groups is 1. The predicted molar refractivity (Wildman–Crippen MR) is 132 cm³/mol. The second-order valence-corrected chi connectivity index (χ2v) is 9.73. The third kappa shape index (κ3) is 6.40. The SMILES string of the molecule is C/C(=N/NC(=O)c1ccc(N(Cc2ccc(Cl)cc2)S(C)(=O)=O)cc1)c1cccc([N+](=O)[O-])c1. The molecule has 1 N–H and O–H groups in total. The molecule has 0 heterocycles. The maximum atomic E-state index is 12.5. The molecule has 3 aromatic carbocycles. The van der Waals surface area contributed by atoms with E-state index in [0.29, 0.717) is 22.0 Å². The fourth-order valence-corrected chi connectivity index (χ4v) is 4.06. The highest BCUT2D eigenvalue weighted by molar-refractivity contribution is 7.92. The van der Waals surface area contributed by atoms with E-state index in [4.69, 9.17) is 11.6 Å². The number of hydrogen-bond donors (Lipinski definition) is 1. The summed E-state index contributed by atoms with van der Waals surface area (Å²) in [6.45, 7) is 1.72. The van der Waals surface area contributed by atoms with Gasteiger partial charge in [0.05, 0.1) is 29.1 Å². The van der Waals surface area contributed by atoms with Gasteiger partial charge in [0.1, 0.15) is 0 Å². The highest BCUT2D eigenvalue weighted by Gasteiger charge is 2.18. The van der Waals surface area contributed by atoms with Crippen LogP contribution in [0.1, 0.15) is 28.4 Å². The molecule has 0 aliphatic rings. The van der Waals surface area contributed by atoms with Crippen LogP contribution in [0.4, 0.5) is 11.4 Å². The highest BCUT2D eigenvalue weighted by atomic mass is 35.5. The number of amides is 1. The van der Waals surface area contributed by atoms with Crippen LogP contribution in [0.25, 0.3) is 0 Å². The zero-order chi connectivity index (χ0) is 24.9. The Labute approximate surface area is 201 Å². The normalized spacial score (nSPS) is 11.7. The van der Waals surface area contributed by atoms with E-state index < -0.39 is 20.9 Å². The van der Waals surface area contributed by atoms with Crippen molar-refractivity contribution in [3.63, 3.8) is 0 Å². The standard InChI is InChI=1S/C23H21ClN4O5S/c1-16(19-4-3-5-22(14-19)28(30)31)25-26-23(29)18-8-12-21(13-9-18)27(34(2,32)33)15-17-6-10-20(24)11-7-17/h3-14H,15H2,1-2H3,(H,26,29)/b25-16-. The predicted octanol–water partition coefficient (Wildman–Crippen LogP) is 4.37. The summed E-state index contributed by atoms with van der Waals surface area (Å²) < 4.78 is 25.9. The van der Waals surface area contributed by atoms with E-state index in [-0.39, 0.29) is 17.8 Å². The Morgan fingerprint density at radius 3 is 2.29 bits per heavy atom. The molecule has 0 bridgehead atoms. The molecular weight excluding hydrogens is 480 g/mol.